The molecule has 0 aliphatic rings. The van der Waals surface area contributed by atoms with E-state index in [2.05, 4.69) is 4.98 Å². The number of nitro benzene ring substituents is 1. The first-order chi connectivity index (χ1) is 13.4. The first-order valence-corrected chi connectivity index (χ1v) is 8.59. The number of nitro groups is 1. The van der Waals surface area contributed by atoms with Crippen molar-refractivity contribution in [2.45, 2.75) is 13.5 Å². The van der Waals surface area contributed by atoms with E-state index in [-0.39, 0.29) is 18.1 Å². The molecule has 0 bridgehead atoms. The van der Waals surface area contributed by atoms with Crippen molar-refractivity contribution in [1.29, 1.82) is 0 Å². The normalized spacial score (nSPS) is 11.8. The number of benzene rings is 1. The minimum Gasteiger partial charge on any atom is -0.469 e. The number of hydrogen-bond acceptors (Lipinski definition) is 6. The summed E-state index contributed by atoms with van der Waals surface area (Å²) in [6.45, 7) is 2.20. The zero-order valence-electron chi connectivity index (χ0n) is 15.6. The van der Waals surface area contributed by atoms with Crippen LogP contribution in [-0.2, 0) is 20.9 Å². The number of amides is 1. The molecule has 146 valence electrons. The van der Waals surface area contributed by atoms with Gasteiger partial charge in [-0.15, -0.1) is 0 Å². The van der Waals surface area contributed by atoms with E-state index in [1.54, 1.807) is 54.6 Å². The summed E-state index contributed by atoms with van der Waals surface area (Å²) in [4.78, 5) is 40.2. The Morgan fingerprint density at radius 1 is 1.21 bits per heavy atom. The van der Waals surface area contributed by atoms with Gasteiger partial charge in [-0.25, -0.2) is 0 Å². The van der Waals surface area contributed by atoms with Gasteiger partial charge in [0.15, 0.2) is 0 Å². The van der Waals surface area contributed by atoms with Crippen molar-refractivity contribution in [3.8, 4) is 0 Å². The van der Waals surface area contributed by atoms with Gasteiger partial charge in [-0.1, -0.05) is 6.92 Å². The van der Waals surface area contributed by atoms with E-state index in [0.717, 1.165) is 5.56 Å². The Balaban J connectivity index is 2.14. The lowest BCUT2D eigenvalue weighted by molar-refractivity contribution is -0.384. The van der Waals surface area contributed by atoms with E-state index in [0.29, 0.717) is 12.1 Å². The molecular formula is C20H21N3O5. The second-order valence-corrected chi connectivity index (χ2v) is 6.18. The summed E-state index contributed by atoms with van der Waals surface area (Å²) in [6.07, 6.45) is 6.23. The largest absolute Gasteiger partial charge is 0.469 e. The van der Waals surface area contributed by atoms with Crippen LogP contribution in [0, 0.1) is 16.0 Å². The lowest BCUT2D eigenvalue weighted by Crippen LogP contribution is -2.35. The topological polar surface area (TPSA) is 103 Å². The first-order valence-electron chi connectivity index (χ1n) is 8.59. The van der Waals surface area contributed by atoms with Crippen molar-refractivity contribution in [2.24, 2.45) is 5.92 Å². The zero-order chi connectivity index (χ0) is 20.5. The molecule has 0 N–H and O–H groups in total. The average Bonchev–Trinajstić information content (AvgIpc) is 2.71. The Hall–Kier alpha value is -3.55. The molecule has 1 atom stereocenters. The fourth-order valence-electron chi connectivity index (χ4n) is 2.53. The third-order valence-electron chi connectivity index (χ3n) is 4.05. The van der Waals surface area contributed by atoms with Gasteiger partial charge in [0, 0.05) is 43.7 Å². The Morgan fingerprint density at radius 3 is 2.43 bits per heavy atom. The molecule has 0 spiro atoms. The number of hydrogen-bond donors (Lipinski definition) is 0. The minimum absolute atomic E-state index is 0.0188. The summed E-state index contributed by atoms with van der Waals surface area (Å²) in [7, 11) is 1.31. The fourth-order valence-corrected chi connectivity index (χ4v) is 2.53. The predicted molar refractivity (Wildman–Crippen MR) is 103 cm³/mol. The molecule has 2 aromatic rings. The number of nitrogens with zero attached hydrogens (tertiary/aromatic N) is 3. The third kappa shape index (κ3) is 6.01. The molecule has 28 heavy (non-hydrogen) atoms. The second-order valence-electron chi connectivity index (χ2n) is 6.18. The molecule has 0 saturated carbocycles. The maximum absolute atomic E-state index is 12.7. The Kier molecular flexibility index (Phi) is 7.38. The number of ether oxygens (including phenoxy) is 1. The van der Waals surface area contributed by atoms with Crippen LogP contribution in [0.2, 0.25) is 0 Å². The number of aromatic nitrogens is 1. The number of carbonyl (C=O) groups excluding carboxylic acids is 2. The van der Waals surface area contributed by atoms with Crippen LogP contribution >= 0.6 is 0 Å². The molecule has 0 aliphatic carbocycles. The molecular weight excluding hydrogens is 362 g/mol. The van der Waals surface area contributed by atoms with Crippen LogP contribution < -0.4 is 0 Å². The summed E-state index contributed by atoms with van der Waals surface area (Å²) < 4.78 is 4.74. The minimum atomic E-state index is -0.483. The maximum atomic E-state index is 12.7. The van der Waals surface area contributed by atoms with Crippen molar-refractivity contribution in [2.75, 3.05) is 13.7 Å². The first kappa shape index (κ1) is 20.8. The highest BCUT2D eigenvalue weighted by atomic mass is 16.6. The monoisotopic (exact) mass is 383 g/mol. The number of rotatable bonds is 8. The van der Waals surface area contributed by atoms with Gasteiger partial charge in [0.05, 0.1) is 18.0 Å². The van der Waals surface area contributed by atoms with Crippen molar-refractivity contribution in [1.82, 2.24) is 9.88 Å². The molecule has 1 amide bonds. The van der Waals surface area contributed by atoms with Crippen LogP contribution in [0.5, 0.6) is 0 Å². The summed E-state index contributed by atoms with van der Waals surface area (Å²) in [6, 6.07) is 9.46. The van der Waals surface area contributed by atoms with E-state index < -0.39 is 16.8 Å². The van der Waals surface area contributed by atoms with Gasteiger partial charge in [-0.05, 0) is 41.5 Å². The molecule has 8 heteroatoms. The molecule has 1 heterocycles. The van der Waals surface area contributed by atoms with Crippen molar-refractivity contribution in [3.05, 3.63) is 76.1 Å². The summed E-state index contributed by atoms with van der Waals surface area (Å²) >= 11 is 0. The van der Waals surface area contributed by atoms with Crippen molar-refractivity contribution in [3.63, 3.8) is 0 Å². The summed E-state index contributed by atoms with van der Waals surface area (Å²) in [5, 5.41) is 10.7. The van der Waals surface area contributed by atoms with Crippen LogP contribution in [0.4, 0.5) is 5.69 Å². The second kappa shape index (κ2) is 9.96. The lowest BCUT2D eigenvalue weighted by Gasteiger charge is -2.24. The number of carbonyl (C=O) groups is 2. The Labute approximate surface area is 162 Å². The zero-order valence-corrected chi connectivity index (χ0v) is 15.6. The highest BCUT2D eigenvalue weighted by Gasteiger charge is 2.20. The molecule has 0 saturated heterocycles. The highest BCUT2D eigenvalue weighted by Crippen LogP contribution is 2.14. The fraction of sp³-hybridized carbons (Fsp3) is 0.250. The van der Waals surface area contributed by atoms with E-state index in [4.69, 9.17) is 4.74 Å². The number of esters is 1. The van der Waals surface area contributed by atoms with Gasteiger partial charge in [-0.2, -0.15) is 0 Å². The molecule has 8 nitrogen and oxygen atoms in total. The lowest BCUT2D eigenvalue weighted by atomic mass is 10.1. The quantitative estimate of drug-likeness (QED) is 0.301. The number of non-ortho nitro benzene ring substituents is 1. The predicted octanol–water partition coefficient (Wildman–Crippen LogP) is 2.84. The van der Waals surface area contributed by atoms with Crippen LogP contribution in [0.15, 0.2) is 54.9 Å². The van der Waals surface area contributed by atoms with Gasteiger partial charge in [0.1, 0.15) is 0 Å². The van der Waals surface area contributed by atoms with Crippen LogP contribution in [0.3, 0.4) is 0 Å². The van der Waals surface area contributed by atoms with Gasteiger partial charge in [0.25, 0.3) is 5.69 Å². The van der Waals surface area contributed by atoms with Gasteiger partial charge in [0.2, 0.25) is 5.91 Å². The Morgan fingerprint density at radius 2 is 1.86 bits per heavy atom. The van der Waals surface area contributed by atoms with Crippen LogP contribution in [0.1, 0.15) is 18.1 Å². The molecule has 1 aromatic carbocycles. The summed E-state index contributed by atoms with van der Waals surface area (Å²) in [5.74, 6) is -1.17. The van der Waals surface area contributed by atoms with E-state index in [9.17, 15) is 19.7 Å². The highest BCUT2D eigenvalue weighted by molar-refractivity contribution is 5.92. The van der Waals surface area contributed by atoms with Crippen LogP contribution in [0.25, 0.3) is 6.08 Å². The molecule has 0 radical (unpaired) electrons. The van der Waals surface area contributed by atoms with Crippen molar-refractivity contribution >= 4 is 23.6 Å². The van der Waals surface area contributed by atoms with Gasteiger partial charge >= 0.3 is 5.97 Å². The number of pyridine rings is 1. The molecule has 1 unspecified atom stereocenters. The van der Waals surface area contributed by atoms with E-state index >= 15 is 0 Å². The molecule has 2 rings (SSSR count). The van der Waals surface area contributed by atoms with Gasteiger partial charge in [-0.3, -0.25) is 24.7 Å². The number of methoxy groups -OCH3 is 1. The molecule has 1 aromatic heterocycles. The Bertz CT molecular complexity index is 850. The van der Waals surface area contributed by atoms with Gasteiger partial charge < -0.3 is 9.64 Å². The molecule has 0 fully saturated rings. The smallest absolute Gasteiger partial charge is 0.310 e. The van der Waals surface area contributed by atoms with Crippen molar-refractivity contribution < 1.29 is 19.2 Å². The van der Waals surface area contributed by atoms with E-state index in [1.165, 1.54) is 25.3 Å². The summed E-state index contributed by atoms with van der Waals surface area (Å²) in [5.41, 5.74) is 1.52. The van der Waals surface area contributed by atoms with Crippen LogP contribution in [-0.4, -0.2) is 40.3 Å². The average molecular weight is 383 g/mol. The SMILES string of the molecule is COC(=O)C(C)CN(Cc1ccncc1)C(=O)/C=C/c1ccc([N+](=O)[O-])cc1. The standard InChI is InChI=1S/C20H21N3O5/c1-15(20(25)28-2)13-22(14-17-9-11-21-12-10-17)19(24)8-5-16-3-6-18(7-4-16)23(26)27/h3-12,15H,13-14H2,1-2H3/b8-5+. The molecule has 0 aliphatic heterocycles. The maximum Gasteiger partial charge on any atom is 0.310 e. The van der Waals surface area contributed by atoms with E-state index in [1.807, 2.05) is 0 Å². The third-order valence-corrected chi connectivity index (χ3v) is 4.05.